The van der Waals surface area contributed by atoms with Crippen LogP contribution < -0.4 is 0 Å². The second-order valence-electron chi connectivity index (χ2n) is 3.07. The number of amides is 1. The molecule has 1 heterocycles. The molecular formula is C8H15N2O2. The van der Waals surface area contributed by atoms with Gasteiger partial charge in [-0.15, -0.1) is 5.06 Å². The molecule has 4 heteroatoms. The monoisotopic (exact) mass is 171 g/mol. The molecule has 1 radical (unpaired) electrons. The van der Waals surface area contributed by atoms with Gasteiger partial charge in [0.25, 0.3) is 0 Å². The fraction of sp³-hybridized carbons (Fsp3) is 0.750. The molecule has 1 aliphatic heterocycles. The maximum absolute atomic E-state index is 11.1. The van der Waals surface area contributed by atoms with Crippen molar-refractivity contribution in [2.45, 2.75) is 19.3 Å². The standard InChI is InChI=1S/C8H15N2O2/c1-9(2)8(11)12-10-6-4-3-5-7-10/h6H,3-5,7H2,1-2H3. The highest BCUT2D eigenvalue weighted by Gasteiger charge is 2.15. The Morgan fingerprint density at radius 1 is 1.50 bits per heavy atom. The lowest BCUT2D eigenvalue weighted by Gasteiger charge is -2.25. The summed E-state index contributed by atoms with van der Waals surface area (Å²) >= 11 is 0. The van der Waals surface area contributed by atoms with Gasteiger partial charge in [-0.1, -0.05) is 6.42 Å². The van der Waals surface area contributed by atoms with Gasteiger partial charge in [0, 0.05) is 20.6 Å². The first kappa shape index (κ1) is 9.32. The van der Waals surface area contributed by atoms with E-state index in [9.17, 15) is 4.79 Å². The quantitative estimate of drug-likeness (QED) is 0.595. The van der Waals surface area contributed by atoms with Gasteiger partial charge in [0.2, 0.25) is 0 Å². The smallest absolute Gasteiger partial charge is 0.351 e. The van der Waals surface area contributed by atoms with Crippen molar-refractivity contribution in [3.63, 3.8) is 0 Å². The second-order valence-corrected chi connectivity index (χ2v) is 3.07. The summed E-state index contributed by atoms with van der Waals surface area (Å²) in [6.07, 6.45) is 2.97. The summed E-state index contributed by atoms with van der Waals surface area (Å²) in [6.45, 7) is 2.74. The number of nitrogens with zero attached hydrogens (tertiary/aromatic N) is 2. The highest BCUT2D eigenvalue weighted by atomic mass is 16.7. The van der Waals surface area contributed by atoms with Crippen LogP contribution in [0.2, 0.25) is 0 Å². The topological polar surface area (TPSA) is 32.8 Å². The summed E-state index contributed by atoms with van der Waals surface area (Å²) in [6, 6.07) is 0. The molecule has 1 rings (SSSR count). The SMILES string of the molecule is CN(C)C(=O)ON1[CH]CCCC1. The molecule has 1 amide bonds. The van der Waals surface area contributed by atoms with Crippen molar-refractivity contribution in [3.8, 4) is 0 Å². The van der Waals surface area contributed by atoms with Crippen LogP contribution in [0.5, 0.6) is 0 Å². The van der Waals surface area contributed by atoms with Crippen molar-refractivity contribution in [1.29, 1.82) is 0 Å². The molecule has 0 unspecified atom stereocenters. The normalized spacial score (nSPS) is 18.8. The van der Waals surface area contributed by atoms with Crippen molar-refractivity contribution in [3.05, 3.63) is 6.54 Å². The molecule has 0 aromatic rings. The average Bonchev–Trinajstić information content (AvgIpc) is 2.06. The zero-order chi connectivity index (χ0) is 8.97. The molecule has 0 bridgehead atoms. The summed E-state index contributed by atoms with van der Waals surface area (Å²) < 4.78 is 0. The predicted octanol–water partition coefficient (Wildman–Crippen LogP) is 1.25. The molecule has 1 saturated heterocycles. The van der Waals surface area contributed by atoms with Gasteiger partial charge in [-0.05, 0) is 12.8 Å². The van der Waals surface area contributed by atoms with Crippen LogP contribution >= 0.6 is 0 Å². The summed E-state index contributed by atoms with van der Waals surface area (Å²) in [5.41, 5.74) is 0. The Morgan fingerprint density at radius 3 is 2.75 bits per heavy atom. The van der Waals surface area contributed by atoms with E-state index in [0.717, 1.165) is 19.4 Å². The van der Waals surface area contributed by atoms with Crippen LogP contribution in [-0.2, 0) is 4.84 Å². The minimum Gasteiger partial charge on any atom is -0.351 e. The molecule has 0 atom stereocenters. The summed E-state index contributed by atoms with van der Waals surface area (Å²) in [4.78, 5) is 17.5. The zero-order valence-electron chi connectivity index (χ0n) is 7.62. The number of hydrogen-bond acceptors (Lipinski definition) is 3. The van der Waals surface area contributed by atoms with E-state index in [1.54, 1.807) is 19.2 Å². The van der Waals surface area contributed by atoms with E-state index >= 15 is 0 Å². The summed E-state index contributed by atoms with van der Waals surface area (Å²) in [5, 5.41) is 1.62. The first-order valence-corrected chi connectivity index (χ1v) is 4.19. The molecule has 0 N–H and O–H groups in total. The van der Waals surface area contributed by atoms with Crippen LogP contribution in [0.1, 0.15) is 19.3 Å². The number of piperidine rings is 1. The molecule has 0 aromatic carbocycles. The highest BCUT2D eigenvalue weighted by Crippen LogP contribution is 2.13. The first-order chi connectivity index (χ1) is 5.70. The van der Waals surface area contributed by atoms with Gasteiger partial charge in [-0.25, -0.2) is 4.79 Å². The molecule has 0 aliphatic carbocycles. The van der Waals surface area contributed by atoms with Crippen LogP contribution in [0, 0.1) is 6.54 Å². The van der Waals surface area contributed by atoms with Crippen molar-refractivity contribution in [2.24, 2.45) is 0 Å². The Labute approximate surface area is 73.0 Å². The fourth-order valence-corrected chi connectivity index (χ4v) is 1.00. The third-order valence-corrected chi connectivity index (χ3v) is 1.73. The third kappa shape index (κ3) is 2.70. The van der Waals surface area contributed by atoms with Crippen LogP contribution in [-0.4, -0.2) is 36.7 Å². The van der Waals surface area contributed by atoms with Crippen molar-refractivity contribution >= 4 is 6.09 Å². The summed E-state index contributed by atoms with van der Waals surface area (Å²) in [5.74, 6) is 0. The number of rotatable bonds is 1. The Balaban J connectivity index is 2.24. The molecule has 0 aromatic heterocycles. The van der Waals surface area contributed by atoms with E-state index < -0.39 is 0 Å². The van der Waals surface area contributed by atoms with Crippen molar-refractivity contribution in [2.75, 3.05) is 20.6 Å². The van der Waals surface area contributed by atoms with Gasteiger partial charge in [0.05, 0.1) is 6.54 Å². The number of hydroxylamine groups is 2. The van der Waals surface area contributed by atoms with E-state index in [-0.39, 0.29) is 6.09 Å². The number of carbonyl (C=O) groups excluding carboxylic acids is 1. The lowest BCUT2D eigenvalue weighted by atomic mass is 10.2. The van der Waals surface area contributed by atoms with E-state index in [4.69, 9.17) is 4.84 Å². The van der Waals surface area contributed by atoms with Crippen LogP contribution in [0.25, 0.3) is 0 Å². The molecule has 1 fully saturated rings. The number of hydrogen-bond donors (Lipinski definition) is 0. The Kier molecular flexibility index (Phi) is 3.34. The minimum atomic E-state index is -0.312. The Bertz CT molecular complexity index is 153. The molecule has 1 aliphatic rings. The van der Waals surface area contributed by atoms with Crippen LogP contribution in [0.4, 0.5) is 4.79 Å². The predicted molar refractivity (Wildman–Crippen MR) is 45.0 cm³/mol. The Hall–Kier alpha value is -0.770. The molecular weight excluding hydrogens is 156 g/mol. The fourth-order valence-electron chi connectivity index (χ4n) is 1.00. The highest BCUT2D eigenvalue weighted by molar-refractivity contribution is 5.66. The van der Waals surface area contributed by atoms with Crippen molar-refractivity contribution < 1.29 is 9.63 Å². The zero-order valence-corrected chi connectivity index (χ0v) is 7.62. The summed E-state index contributed by atoms with van der Waals surface area (Å²) in [7, 11) is 3.35. The van der Waals surface area contributed by atoms with Gasteiger partial charge in [0.1, 0.15) is 0 Å². The van der Waals surface area contributed by atoms with E-state index in [1.165, 1.54) is 11.3 Å². The van der Waals surface area contributed by atoms with Gasteiger partial charge >= 0.3 is 6.09 Å². The second kappa shape index (κ2) is 4.30. The van der Waals surface area contributed by atoms with Gasteiger partial charge in [-0.2, -0.15) is 0 Å². The van der Waals surface area contributed by atoms with E-state index in [0.29, 0.717) is 0 Å². The average molecular weight is 171 g/mol. The van der Waals surface area contributed by atoms with Crippen LogP contribution in [0.3, 0.4) is 0 Å². The Morgan fingerprint density at radius 2 is 2.25 bits per heavy atom. The largest absolute Gasteiger partial charge is 0.428 e. The third-order valence-electron chi connectivity index (χ3n) is 1.73. The van der Waals surface area contributed by atoms with E-state index in [1.807, 2.05) is 6.54 Å². The van der Waals surface area contributed by atoms with Gasteiger partial charge in [-0.3, -0.25) is 0 Å². The molecule has 0 spiro atoms. The minimum absolute atomic E-state index is 0.312. The molecule has 12 heavy (non-hydrogen) atoms. The molecule has 4 nitrogen and oxygen atoms in total. The van der Waals surface area contributed by atoms with E-state index in [2.05, 4.69) is 0 Å². The maximum atomic E-state index is 11.1. The lowest BCUT2D eigenvalue weighted by Crippen LogP contribution is -2.34. The lowest BCUT2D eigenvalue weighted by molar-refractivity contribution is -0.0952. The van der Waals surface area contributed by atoms with Gasteiger partial charge in [0.15, 0.2) is 0 Å². The maximum Gasteiger partial charge on any atom is 0.428 e. The van der Waals surface area contributed by atoms with Crippen molar-refractivity contribution in [1.82, 2.24) is 9.96 Å². The van der Waals surface area contributed by atoms with Gasteiger partial charge < -0.3 is 9.74 Å². The molecule has 0 saturated carbocycles. The number of carbonyl (C=O) groups is 1. The molecule has 69 valence electrons. The van der Waals surface area contributed by atoms with Crippen LogP contribution in [0.15, 0.2) is 0 Å². The first-order valence-electron chi connectivity index (χ1n) is 4.19.